The second kappa shape index (κ2) is 6.82. The number of carbonyl (C=O) groups is 1. The number of thiophene rings is 1. The van der Waals surface area contributed by atoms with Crippen LogP contribution < -0.4 is 11.3 Å². The molecule has 0 radical (unpaired) electrons. The highest BCUT2D eigenvalue weighted by Gasteiger charge is 2.18. The first kappa shape index (κ1) is 15.7. The molecule has 0 aliphatic rings. The average Bonchev–Trinajstić information content (AvgIpc) is 2.92. The van der Waals surface area contributed by atoms with E-state index in [9.17, 15) is 9.59 Å². The first-order chi connectivity index (χ1) is 10.0. The van der Waals surface area contributed by atoms with Crippen molar-refractivity contribution in [3.63, 3.8) is 0 Å². The summed E-state index contributed by atoms with van der Waals surface area (Å²) in [5.41, 5.74) is 5.99. The number of aromatic nitrogens is 2. The minimum Gasteiger partial charge on any atom is -0.338 e. The van der Waals surface area contributed by atoms with Crippen LogP contribution in [0.2, 0.25) is 0 Å². The topological polar surface area (TPSA) is 92.1 Å². The van der Waals surface area contributed by atoms with Gasteiger partial charge in [0.15, 0.2) is 0 Å². The van der Waals surface area contributed by atoms with Crippen LogP contribution >= 0.6 is 11.3 Å². The molecule has 1 unspecified atom stereocenters. The van der Waals surface area contributed by atoms with Crippen molar-refractivity contribution in [2.24, 2.45) is 11.7 Å². The zero-order chi connectivity index (χ0) is 15.4. The monoisotopic (exact) mass is 308 g/mol. The number of fused-ring (bicyclic) bond motifs is 1. The molecular weight excluding hydrogens is 288 g/mol. The highest BCUT2D eigenvalue weighted by atomic mass is 32.1. The molecule has 0 fully saturated rings. The van der Waals surface area contributed by atoms with Crippen LogP contribution in [0.5, 0.6) is 0 Å². The maximum absolute atomic E-state index is 12.2. The number of nitrogens with two attached hydrogens (primary N) is 1. The zero-order valence-corrected chi connectivity index (χ0v) is 13.1. The summed E-state index contributed by atoms with van der Waals surface area (Å²) in [6, 6.07) is 1.81. The van der Waals surface area contributed by atoms with Crippen molar-refractivity contribution in [3.05, 3.63) is 27.6 Å². The Hall–Kier alpha value is -1.73. The molecule has 0 aliphatic carbocycles. The van der Waals surface area contributed by atoms with Crippen molar-refractivity contribution in [2.75, 3.05) is 13.6 Å². The Morgan fingerprint density at radius 1 is 1.57 bits per heavy atom. The molecule has 2 aromatic rings. The molecule has 7 heteroatoms. The third-order valence-electron chi connectivity index (χ3n) is 3.39. The van der Waals surface area contributed by atoms with Gasteiger partial charge in [-0.1, -0.05) is 6.92 Å². The van der Waals surface area contributed by atoms with Crippen LogP contribution in [0.3, 0.4) is 0 Å². The number of hydrogen-bond acceptors (Lipinski definition) is 5. The number of rotatable bonds is 6. The Morgan fingerprint density at radius 3 is 3.05 bits per heavy atom. The Kier molecular flexibility index (Phi) is 5.08. The van der Waals surface area contributed by atoms with E-state index in [0.29, 0.717) is 29.1 Å². The lowest BCUT2D eigenvalue weighted by Gasteiger charge is -2.20. The Morgan fingerprint density at radius 2 is 2.33 bits per heavy atom. The van der Waals surface area contributed by atoms with Gasteiger partial charge in [0.25, 0.3) is 5.56 Å². The lowest BCUT2D eigenvalue weighted by Crippen LogP contribution is -2.32. The summed E-state index contributed by atoms with van der Waals surface area (Å²) >= 11 is 1.36. The van der Waals surface area contributed by atoms with Gasteiger partial charge in [-0.25, -0.2) is 4.98 Å². The van der Waals surface area contributed by atoms with Crippen LogP contribution in [0.4, 0.5) is 0 Å². The van der Waals surface area contributed by atoms with E-state index in [1.54, 1.807) is 11.9 Å². The van der Waals surface area contributed by atoms with Crippen LogP contribution in [0.1, 0.15) is 25.6 Å². The number of amides is 1. The maximum Gasteiger partial charge on any atom is 0.268 e. The number of nitrogens with one attached hydrogen (secondary N) is 1. The fraction of sp³-hybridized carbons (Fsp3) is 0.500. The quantitative estimate of drug-likeness (QED) is 0.842. The summed E-state index contributed by atoms with van der Waals surface area (Å²) < 4.78 is 0.615. The van der Waals surface area contributed by atoms with E-state index in [1.165, 1.54) is 11.3 Å². The minimum absolute atomic E-state index is 0.0384. The van der Waals surface area contributed by atoms with Crippen molar-refractivity contribution in [3.8, 4) is 0 Å². The predicted molar refractivity (Wildman–Crippen MR) is 84.2 cm³/mol. The minimum atomic E-state index is -0.151. The summed E-state index contributed by atoms with van der Waals surface area (Å²) in [5.74, 6) is 0.472. The Labute approximate surface area is 127 Å². The highest BCUT2D eigenvalue weighted by Crippen LogP contribution is 2.15. The molecule has 2 rings (SSSR count). The molecule has 0 aliphatic heterocycles. The van der Waals surface area contributed by atoms with Gasteiger partial charge in [0.05, 0.1) is 12.1 Å². The predicted octanol–water partition coefficient (Wildman–Crippen LogP) is 1.32. The fourth-order valence-corrected chi connectivity index (χ4v) is 2.95. The van der Waals surface area contributed by atoms with E-state index in [0.717, 1.165) is 12.8 Å². The number of carbonyl (C=O) groups excluding carboxylic acids is 1. The fourth-order valence-electron chi connectivity index (χ4n) is 2.22. The summed E-state index contributed by atoms with van der Waals surface area (Å²) in [4.78, 5) is 32.8. The van der Waals surface area contributed by atoms with Gasteiger partial charge in [-0.05, 0) is 30.8 Å². The number of nitrogens with zero attached hydrogens (tertiary/aromatic N) is 2. The highest BCUT2D eigenvalue weighted by molar-refractivity contribution is 7.17. The molecule has 2 aromatic heterocycles. The molecule has 1 amide bonds. The Balaban J connectivity index is 2.08. The van der Waals surface area contributed by atoms with Crippen molar-refractivity contribution in [2.45, 2.75) is 26.3 Å². The summed E-state index contributed by atoms with van der Waals surface area (Å²) in [7, 11) is 1.72. The lowest BCUT2D eigenvalue weighted by molar-refractivity contribution is -0.134. The standard InChI is InChI=1S/C14H20N4O2S/c1-9(4-3-6-15)14(20)18(2)8-11-16-10-5-7-21-12(10)13(19)17-11/h5,7,9H,3-4,6,8,15H2,1-2H3,(H,16,17,19). The van der Waals surface area contributed by atoms with Crippen molar-refractivity contribution >= 4 is 27.5 Å². The van der Waals surface area contributed by atoms with Crippen molar-refractivity contribution < 1.29 is 4.79 Å². The van der Waals surface area contributed by atoms with Crippen LogP contribution in [-0.2, 0) is 11.3 Å². The second-order valence-corrected chi connectivity index (χ2v) is 6.09. The zero-order valence-electron chi connectivity index (χ0n) is 12.3. The van der Waals surface area contributed by atoms with Gasteiger partial charge in [-0.15, -0.1) is 11.3 Å². The average molecular weight is 308 g/mol. The number of H-pyrrole nitrogens is 1. The second-order valence-electron chi connectivity index (χ2n) is 5.17. The maximum atomic E-state index is 12.2. The van der Waals surface area contributed by atoms with Crippen LogP contribution in [0, 0.1) is 5.92 Å². The molecule has 0 aromatic carbocycles. The van der Waals surface area contributed by atoms with E-state index in [1.807, 2.05) is 18.4 Å². The van der Waals surface area contributed by atoms with Crippen molar-refractivity contribution in [1.29, 1.82) is 0 Å². The molecule has 0 spiro atoms. The lowest BCUT2D eigenvalue weighted by atomic mass is 10.0. The first-order valence-corrected chi connectivity index (χ1v) is 7.82. The largest absolute Gasteiger partial charge is 0.338 e. The van der Waals surface area contributed by atoms with E-state index in [4.69, 9.17) is 5.73 Å². The van der Waals surface area contributed by atoms with Crippen LogP contribution in [0.25, 0.3) is 10.2 Å². The van der Waals surface area contributed by atoms with E-state index in [-0.39, 0.29) is 17.4 Å². The van der Waals surface area contributed by atoms with Crippen molar-refractivity contribution in [1.82, 2.24) is 14.9 Å². The molecule has 0 saturated carbocycles. The van der Waals surface area contributed by atoms with Gasteiger partial charge >= 0.3 is 0 Å². The van der Waals surface area contributed by atoms with Gasteiger partial charge in [-0.3, -0.25) is 9.59 Å². The molecular formula is C14H20N4O2S. The summed E-state index contributed by atoms with van der Waals surface area (Å²) in [6.07, 6.45) is 1.60. The number of hydrogen-bond donors (Lipinski definition) is 2. The molecule has 0 saturated heterocycles. The smallest absolute Gasteiger partial charge is 0.268 e. The molecule has 21 heavy (non-hydrogen) atoms. The van der Waals surface area contributed by atoms with E-state index < -0.39 is 0 Å². The van der Waals surface area contributed by atoms with Crippen LogP contribution in [-0.4, -0.2) is 34.4 Å². The van der Waals surface area contributed by atoms with Gasteiger partial charge < -0.3 is 15.6 Å². The first-order valence-electron chi connectivity index (χ1n) is 6.94. The van der Waals surface area contributed by atoms with Gasteiger partial charge in [0.2, 0.25) is 5.91 Å². The Bertz CT molecular complexity index is 679. The van der Waals surface area contributed by atoms with E-state index >= 15 is 0 Å². The molecule has 2 heterocycles. The van der Waals surface area contributed by atoms with E-state index in [2.05, 4.69) is 9.97 Å². The van der Waals surface area contributed by atoms with Gasteiger partial charge in [-0.2, -0.15) is 0 Å². The molecule has 3 N–H and O–H groups in total. The van der Waals surface area contributed by atoms with Gasteiger partial charge in [0.1, 0.15) is 10.5 Å². The normalized spacial score (nSPS) is 12.5. The van der Waals surface area contributed by atoms with Gasteiger partial charge in [0, 0.05) is 13.0 Å². The third kappa shape index (κ3) is 3.68. The number of aromatic amines is 1. The molecule has 6 nitrogen and oxygen atoms in total. The van der Waals surface area contributed by atoms with Crippen LogP contribution in [0.15, 0.2) is 16.2 Å². The third-order valence-corrected chi connectivity index (χ3v) is 4.29. The molecule has 1 atom stereocenters. The molecule has 114 valence electrons. The summed E-state index contributed by atoms with van der Waals surface area (Å²) in [6.45, 7) is 2.78. The summed E-state index contributed by atoms with van der Waals surface area (Å²) in [5, 5.41) is 1.83. The SMILES string of the molecule is CC(CCCN)C(=O)N(C)Cc1nc2ccsc2c(=O)[nH]1. The molecule has 0 bridgehead atoms.